The lowest BCUT2D eigenvalue weighted by Gasteiger charge is -2.12. The Kier molecular flexibility index (Phi) is 2.90. The monoisotopic (exact) mass is 305 g/mol. The number of halogens is 1. The second-order valence-corrected chi connectivity index (χ2v) is 5.84. The molecule has 1 heterocycles. The maximum absolute atomic E-state index is 4.57. The molecule has 3 rings (SSSR count). The van der Waals surface area contributed by atoms with Gasteiger partial charge in [-0.05, 0) is 44.4 Å². The van der Waals surface area contributed by atoms with Crippen LogP contribution >= 0.6 is 15.9 Å². The van der Waals surface area contributed by atoms with Crippen molar-refractivity contribution in [2.24, 2.45) is 0 Å². The smallest absolute Gasteiger partial charge is 0.207 e. The van der Waals surface area contributed by atoms with Crippen LogP contribution in [0.3, 0.4) is 0 Å². The Hall–Kier alpha value is -1.29. The van der Waals surface area contributed by atoms with Gasteiger partial charge >= 0.3 is 0 Å². The molecule has 0 radical (unpaired) electrons. The van der Waals surface area contributed by atoms with Crippen LogP contribution in [0.5, 0.6) is 0 Å². The van der Waals surface area contributed by atoms with E-state index in [1.165, 1.54) is 24.1 Å². The fourth-order valence-electron chi connectivity index (χ4n) is 2.04. The van der Waals surface area contributed by atoms with E-state index in [1.54, 1.807) is 0 Å². The predicted molar refractivity (Wildman–Crippen MR) is 77.4 cm³/mol. The van der Waals surface area contributed by atoms with Crippen LogP contribution in [0.25, 0.3) is 5.69 Å². The molecule has 2 aromatic rings. The zero-order chi connectivity index (χ0) is 12.7. The molecular formula is C14H16BrN3. The molecule has 1 N–H and O–H groups in total. The summed E-state index contributed by atoms with van der Waals surface area (Å²) >= 11 is 3.53. The molecule has 0 amide bonds. The van der Waals surface area contributed by atoms with Crippen LogP contribution in [0.15, 0.2) is 28.9 Å². The molecular weight excluding hydrogens is 290 g/mol. The highest BCUT2D eigenvalue weighted by molar-refractivity contribution is 9.10. The first-order valence-electron chi connectivity index (χ1n) is 6.22. The first-order chi connectivity index (χ1) is 8.63. The molecule has 0 bridgehead atoms. The van der Waals surface area contributed by atoms with Crippen molar-refractivity contribution in [3.05, 3.63) is 40.1 Å². The van der Waals surface area contributed by atoms with Gasteiger partial charge in [0.25, 0.3) is 0 Å². The molecule has 1 aliphatic carbocycles. The van der Waals surface area contributed by atoms with Gasteiger partial charge in [0.15, 0.2) is 0 Å². The van der Waals surface area contributed by atoms with Crippen molar-refractivity contribution in [3.8, 4) is 5.69 Å². The van der Waals surface area contributed by atoms with Crippen molar-refractivity contribution in [1.29, 1.82) is 0 Å². The summed E-state index contributed by atoms with van der Waals surface area (Å²) in [5, 5.41) is 3.49. The van der Waals surface area contributed by atoms with Crippen LogP contribution in [0.2, 0.25) is 0 Å². The van der Waals surface area contributed by atoms with Gasteiger partial charge in [0, 0.05) is 16.7 Å². The minimum Gasteiger partial charge on any atom is -0.353 e. The molecule has 0 spiro atoms. The number of hydrogen-bond acceptors (Lipinski definition) is 2. The summed E-state index contributed by atoms with van der Waals surface area (Å²) in [6.07, 6.45) is 4.59. The number of aromatic nitrogens is 2. The van der Waals surface area contributed by atoms with Gasteiger partial charge in [-0.3, -0.25) is 4.57 Å². The summed E-state index contributed by atoms with van der Waals surface area (Å²) < 4.78 is 3.24. The fraction of sp³-hybridized carbons (Fsp3) is 0.357. The molecule has 18 heavy (non-hydrogen) atoms. The van der Waals surface area contributed by atoms with E-state index in [-0.39, 0.29) is 0 Å². The highest BCUT2D eigenvalue weighted by Crippen LogP contribution is 2.28. The molecule has 4 heteroatoms. The van der Waals surface area contributed by atoms with E-state index in [2.05, 4.69) is 62.1 Å². The van der Waals surface area contributed by atoms with Gasteiger partial charge in [-0.15, -0.1) is 0 Å². The molecule has 0 unspecified atom stereocenters. The highest BCUT2D eigenvalue weighted by Gasteiger charge is 2.23. The molecule has 1 aliphatic rings. The maximum atomic E-state index is 4.57. The van der Waals surface area contributed by atoms with E-state index in [9.17, 15) is 0 Å². The van der Waals surface area contributed by atoms with E-state index in [4.69, 9.17) is 0 Å². The maximum Gasteiger partial charge on any atom is 0.207 e. The summed E-state index contributed by atoms with van der Waals surface area (Å²) in [5.74, 6) is 0.955. The minimum absolute atomic E-state index is 0.609. The van der Waals surface area contributed by atoms with E-state index < -0.39 is 0 Å². The van der Waals surface area contributed by atoms with Crippen LogP contribution in [-0.2, 0) is 0 Å². The van der Waals surface area contributed by atoms with Gasteiger partial charge in [0.1, 0.15) is 0 Å². The largest absolute Gasteiger partial charge is 0.353 e. The van der Waals surface area contributed by atoms with E-state index in [0.717, 1.165) is 16.1 Å². The van der Waals surface area contributed by atoms with E-state index >= 15 is 0 Å². The quantitative estimate of drug-likeness (QED) is 0.934. The van der Waals surface area contributed by atoms with Crippen LogP contribution in [-0.4, -0.2) is 15.6 Å². The Morgan fingerprint density at radius 2 is 2.11 bits per heavy atom. The van der Waals surface area contributed by atoms with Gasteiger partial charge < -0.3 is 5.32 Å². The topological polar surface area (TPSA) is 29.9 Å². The Balaban J connectivity index is 2.06. The van der Waals surface area contributed by atoms with Crippen molar-refractivity contribution in [1.82, 2.24) is 9.55 Å². The summed E-state index contributed by atoms with van der Waals surface area (Å²) in [4.78, 5) is 4.57. The Morgan fingerprint density at radius 3 is 2.83 bits per heavy atom. The van der Waals surface area contributed by atoms with Gasteiger partial charge in [0.05, 0.1) is 11.4 Å². The number of anilines is 1. The highest BCUT2D eigenvalue weighted by atomic mass is 79.9. The SMILES string of the molecule is Cc1cn(-c2cc(Br)ccc2C)c(NC2CC2)n1. The number of imidazole rings is 1. The normalized spacial score (nSPS) is 14.8. The number of aryl methyl sites for hydroxylation is 2. The lowest BCUT2D eigenvalue weighted by atomic mass is 10.2. The third-order valence-corrected chi connectivity index (χ3v) is 3.66. The van der Waals surface area contributed by atoms with E-state index in [0.29, 0.717) is 6.04 Å². The van der Waals surface area contributed by atoms with Crippen molar-refractivity contribution >= 4 is 21.9 Å². The molecule has 1 aromatic heterocycles. The zero-order valence-corrected chi connectivity index (χ0v) is 12.2. The van der Waals surface area contributed by atoms with Crippen LogP contribution in [0, 0.1) is 13.8 Å². The third kappa shape index (κ3) is 2.29. The average Bonchev–Trinajstić information content (AvgIpc) is 3.05. The molecule has 1 aromatic carbocycles. The van der Waals surface area contributed by atoms with Crippen molar-refractivity contribution in [3.63, 3.8) is 0 Å². The standard InChI is InChI=1S/C14H16BrN3/c1-9-3-4-11(15)7-13(9)18-8-10(2)16-14(18)17-12-5-6-12/h3-4,7-8,12H,5-6H2,1-2H3,(H,16,17). The van der Waals surface area contributed by atoms with Gasteiger partial charge in [-0.2, -0.15) is 0 Å². The minimum atomic E-state index is 0.609. The van der Waals surface area contributed by atoms with Crippen LogP contribution < -0.4 is 5.32 Å². The third-order valence-electron chi connectivity index (χ3n) is 3.17. The molecule has 1 saturated carbocycles. The Labute approximate surface area is 115 Å². The predicted octanol–water partition coefficient (Wildman–Crippen LogP) is 3.83. The second kappa shape index (κ2) is 4.43. The van der Waals surface area contributed by atoms with Gasteiger partial charge in [-0.1, -0.05) is 22.0 Å². The fourth-order valence-corrected chi connectivity index (χ4v) is 2.38. The summed E-state index contributed by atoms with van der Waals surface area (Å²) in [5.41, 5.74) is 3.46. The summed E-state index contributed by atoms with van der Waals surface area (Å²) in [6.45, 7) is 4.15. The molecule has 3 nitrogen and oxygen atoms in total. The van der Waals surface area contributed by atoms with Crippen molar-refractivity contribution < 1.29 is 0 Å². The van der Waals surface area contributed by atoms with Crippen LogP contribution in [0.4, 0.5) is 5.95 Å². The van der Waals surface area contributed by atoms with E-state index in [1.807, 2.05) is 6.92 Å². The molecule has 0 aliphatic heterocycles. The van der Waals surface area contributed by atoms with Gasteiger partial charge in [0.2, 0.25) is 5.95 Å². The second-order valence-electron chi connectivity index (χ2n) is 4.93. The van der Waals surface area contributed by atoms with Crippen molar-refractivity contribution in [2.45, 2.75) is 32.7 Å². The lowest BCUT2D eigenvalue weighted by Crippen LogP contribution is -2.08. The first kappa shape index (κ1) is 11.8. The first-order valence-corrected chi connectivity index (χ1v) is 7.02. The molecule has 1 fully saturated rings. The Morgan fingerprint density at radius 1 is 1.33 bits per heavy atom. The Bertz CT molecular complexity index is 585. The number of rotatable bonds is 3. The number of nitrogens with zero attached hydrogens (tertiary/aromatic N) is 2. The average molecular weight is 306 g/mol. The van der Waals surface area contributed by atoms with Crippen LogP contribution in [0.1, 0.15) is 24.1 Å². The molecule has 94 valence electrons. The number of hydrogen-bond donors (Lipinski definition) is 1. The summed E-state index contributed by atoms with van der Waals surface area (Å²) in [6, 6.07) is 6.93. The zero-order valence-electron chi connectivity index (χ0n) is 10.6. The number of benzene rings is 1. The summed E-state index contributed by atoms with van der Waals surface area (Å²) in [7, 11) is 0. The van der Waals surface area contributed by atoms with Gasteiger partial charge in [-0.25, -0.2) is 4.98 Å². The molecule has 0 saturated heterocycles. The number of nitrogens with one attached hydrogen (secondary N) is 1. The molecule has 0 atom stereocenters. The van der Waals surface area contributed by atoms with Crippen molar-refractivity contribution in [2.75, 3.05) is 5.32 Å². The lowest BCUT2D eigenvalue weighted by molar-refractivity contribution is 0.993.